The Morgan fingerprint density at radius 1 is 1.22 bits per heavy atom. The quantitative estimate of drug-likeness (QED) is 0.496. The van der Waals surface area contributed by atoms with E-state index in [0.29, 0.717) is 24.2 Å². The summed E-state index contributed by atoms with van der Waals surface area (Å²) in [7, 11) is 1.77. The number of fused-ring (bicyclic) bond motifs is 3. The highest BCUT2D eigenvalue weighted by Gasteiger charge is 2.28. The maximum Gasteiger partial charge on any atom is 0.317 e. The number of carboxylic acid groups (broad SMARTS) is 1. The average Bonchev–Trinajstić information content (AvgIpc) is 3.41. The van der Waals surface area contributed by atoms with Gasteiger partial charge in [0.2, 0.25) is 5.82 Å². The van der Waals surface area contributed by atoms with Crippen LogP contribution in [0.5, 0.6) is 0 Å². The molecule has 0 saturated carbocycles. The Morgan fingerprint density at radius 3 is 2.81 bits per heavy atom. The highest BCUT2D eigenvalue weighted by atomic mass is 16.5. The van der Waals surface area contributed by atoms with E-state index < -0.39 is 5.97 Å². The van der Waals surface area contributed by atoms with Crippen molar-refractivity contribution in [3.05, 3.63) is 60.0 Å². The number of rotatable bonds is 6. The van der Waals surface area contributed by atoms with Gasteiger partial charge in [-0.1, -0.05) is 36.3 Å². The summed E-state index contributed by atoms with van der Waals surface area (Å²) < 4.78 is 7.59. The molecule has 1 atom stereocenters. The Balaban J connectivity index is 1.41. The number of aliphatic carboxylic acids is 1. The van der Waals surface area contributed by atoms with Crippen LogP contribution in [0.15, 0.2) is 53.4 Å². The minimum Gasteiger partial charge on any atom is -0.480 e. The van der Waals surface area contributed by atoms with E-state index in [4.69, 9.17) is 9.63 Å². The van der Waals surface area contributed by atoms with Crippen LogP contribution < -0.4 is 0 Å². The Hall–Kier alpha value is -3.85. The van der Waals surface area contributed by atoms with E-state index in [1.807, 2.05) is 41.2 Å². The van der Waals surface area contributed by atoms with E-state index in [1.54, 1.807) is 24.3 Å². The summed E-state index contributed by atoms with van der Waals surface area (Å²) in [6, 6.07) is 9.70. The number of aromatic nitrogens is 5. The van der Waals surface area contributed by atoms with Crippen molar-refractivity contribution in [2.24, 2.45) is 0 Å². The van der Waals surface area contributed by atoms with Crippen molar-refractivity contribution in [3.63, 3.8) is 0 Å². The molecule has 0 amide bonds. The van der Waals surface area contributed by atoms with E-state index >= 15 is 0 Å². The summed E-state index contributed by atoms with van der Waals surface area (Å²) in [5.41, 5.74) is 5.86. The highest BCUT2D eigenvalue weighted by Crippen LogP contribution is 2.40. The van der Waals surface area contributed by atoms with Crippen molar-refractivity contribution in [1.29, 1.82) is 0 Å². The Morgan fingerprint density at radius 2 is 2.03 bits per heavy atom. The molecule has 0 aliphatic carbocycles. The van der Waals surface area contributed by atoms with E-state index in [9.17, 15) is 4.79 Å². The van der Waals surface area contributed by atoms with Gasteiger partial charge in [-0.3, -0.25) is 19.4 Å². The van der Waals surface area contributed by atoms with Crippen molar-refractivity contribution in [3.8, 4) is 34.1 Å². The Bertz CT molecular complexity index is 1280. The average molecular weight is 430 g/mol. The number of nitrogens with zero attached hydrogens (tertiary/aromatic N) is 6. The van der Waals surface area contributed by atoms with Crippen LogP contribution >= 0.6 is 0 Å². The van der Waals surface area contributed by atoms with Crippen molar-refractivity contribution in [1.82, 2.24) is 29.8 Å². The zero-order valence-corrected chi connectivity index (χ0v) is 17.8. The molecule has 1 aliphatic heterocycles. The molecule has 0 fully saturated rings. The van der Waals surface area contributed by atoms with Crippen LogP contribution in [-0.2, 0) is 17.9 Å². The van der Waals surface area contributed by atoms with Gasteiger partial charge >= 0.3 is 5.97 Å². The van der Waals surface area contributed by atoms with Crippen LogP contribution in [-0.4, -0.2) is 54.5 Å². The van der Waals surface area contributed by atoms with Crippen molar-refractivity contribution >= 4 is 5.97 Å². The topological polar surface area (TPSA) is 110 Å². The SMILES string of the molecule is CC1Cn2ncc(-c3nc(-c4ccc(CN(C)CC(=O)O)cc4)no3)c2-c2ccncc21. The molecule has 1 N–H and O–H groups in total. The van der Waals surface area contributed by atoms with Crippen LogP contribution in [0.25, 0.3) is 34.1 Å². The Kier molecular flexibility index (Phi) is 5.02. The van der Waals surface area contributed by atoms with Crippen LogP contribution in [0, 0.1) is 0 Å². The molecule has 0 saturated heterocycles. The third-order valence-electron chi connectivity index (χ3n) is 5.65. The van der Waals surface area contributed by atoms with Gasteiger partial charge in [-0.05, 0) is 24.2 Å². The fourth-order valence-corrected chi connectivity index (χ4v) is 4.15. The molecule has 9 heteroatoms. The number of pyridine rings is 1. The fourth-order valence-electron chi connectivity index (χ4n) is 4.15. The molecule has 1 aromatic carbocycles. The molecular weight excluding hydrogens is 408 g/mol. The number of hydrogen-bond acceptors (Lipinski definition) is 7. The van der Waals surface area contributed by atoms with Crippen LogP contribution in [0.2, 0.25) is 0 Å². The van der Waals surface area contributed by atoms with Crippen LogP contribution in [0.3, 0.4) is 0 Å². The summed E-state index contributed by atoms with van der Waals surface area (Å²) in [5, 5.41) is 17.6. The molecule has 9 nitrogen and oxygen atoms in total. The number of benzene rings is 1. The smallest absolute Gasteiger partial charge is 0.317 e. The van der Waals surface area contributed by atoms with E-state index in [1.165, 1.54) is 5.56 Å². The first kappa shape index (κ1) is 20.1. The molecule has 4 aromatic rings. The van der Waals surface area contributed by atoms with Gasteiger partial charge in [-0.25, -0.2) is 0 Å². The third-order valence-corrected chi connectivity index (χ3v) is 5.65. The second-order valence-electron chi connectivity index (χ2n) is 8.14. The van der Waals surface area contributed by atoms with Gasteiger partial charge in [0.05, 0.1) is 24.0 Å². The zero-order valence-electron chi connectivity index (χ0n) is 17.8. The molecule has 0 radical (unpaired) electrons. The first-order valence-electron chi connectivity index (χ1n) is 10.3. The molecule has 162 valence electrons. The second-order valence-corrected chi connectivity index (χ2v) is 8.14. The fraction of sp³-hybridized carbons (Fsp3) is 0.261. The molecule has 1 unspecified atom stereocenters. The van der Waals surface area contributed by atoms with E-state index in [-0.39, 0.29) is 6.54 Å². The maximum absolute atomic E-state index is 10.8. The predicted octanol–water partition coefficient (Wildman–Crippen LogP) is 3.30. The molecular formula is C23H22N6O3. The van der Waals surface area contributed by atoms with Gasteiger partial charge in [0.15, 0.2) is 0 Å². The lowest BCUT2D eigenvalue weighted by atomic mass is 9.91. The van der Waals surface area contributed by atoms with E-state index in [2.05, 4.69) is 27.1 Å². The van der Waals surface area contributed by atoms with Gasteiger partial charge in [0.1, 0.15) is 0 Å². The van der Waals surface area contributed by atoms with Crippen molar-refractivity contribution < 1.29 is 14.4 Å². The van der Waals surface area contributed by atoms with Gasteiger partial charge in [-0.2, -0.15) is 10.1 Å². The number of likely N-dealkylation sites (N-methyl/N-ethyl adjacent to an activating group) is 1. The molecule has 3 aromatic heterocycles. The summed E-state index contributed by atoms with van der Waals surface area (Å²) in [6.45, 7) is 3.47. The van der Waals surface area contributed by atoms with Gasteiger partial charge < -0.3 is 9.63 Å². The minimum atomic E-state index is -0.848. The van der Waals surface area contributed by atoms with Gasteiger partial charge in [-0.15, -0.1) is 0 Å². The standard InChI is InChI=1S/C23H22N6O3/c1-14-11-29-21(17-7-8-24-9-18(14)17)19(10-25-29)23-26-22(27-32-23)16-5-3-15(4-6-16)12-28(2)13-20(30)31/h3-10,14H,11-13H2,1-2H3,(H,30,31). The normalized spacial score (nSPS) is 14.9. The number of carboxylic acids is 1. The first-order chi connectivity index (χ1) is 15.5. The third kappa shape index (κ3) is 3.67. The lowest BCUT2D eigenvalue weighted by Crippen LogP contribution is -2.25. The second kappa shape index (κ2) is 8.01. The lowest BCUT2D eigenvalue weighted by molar-refractivity contribution is -0.138. The van der Waals surface area contributed by atoms with E-state index in [0.717, 1.165) is 34.5 Å². The largest absolute Gasteiger partial charge is 0.480 e. The van der Waals surface area contributed by atoms with Crippen LogP contribution in [0.4, 0.5) is 0 Å². The summed E-state index contributed by atoms with van der Waals surface area (Å²) in [5.74, 6) is 0.387. The lowest BCUT2D eigenvalue weighted by Gasteiger charge is -2.23. The highest BCUT2D eigenvalue weighted by molar-refractivity contribution is 5.80. The molecule has 0 spiro atoms. The summed E-state index contributed by atoms with van der Waals surface area (Å²) >= 11 is 0. The zero-order chi connectivity index (χ0) is 22.2. The minimum absolute atomic E-state index is 0.00998. The molecule has 32 heavy (non-hydrogen) atoms. The monoisotopic (exact) mass is 430 g/mol. The maximum atomic E-state index is 10.8. The van der Waals surface area contributed by atoms with Gasteiger partial charge in [0.25, 0.3) is 5.89 Å². The molecule has 5 rings (SSSR count). The number of hydrogen-bond donors (Lipinski definition) is 1. The number of carbonyl (C=O) groups is 1. The Labute approximate surface area is 184 Å². The predicted molar refractivity (Wildman–Crippen MR) is 117 cm³/mol. The van der Waals surface area contributed by atoms with Crippen molar-refractivity contribution in [2.45, 2.75) is 25.9 Å². The summed E-state index contributed by atoms with van der Waals surface area (Å²) in [4.78, 5) is 21.5. The van der Waals surface area contributed by atoms with Crippen LogP contribution in [0.1, 0.15) is 24.0 Å². The first-order valence-corrected chi connectivity index (χ1v) is 10.3. The molecule has 0 bridgehead atoms. The summed E-state index contributed by atoms with van der Waals surface area (Å²) in [6.07, 6.45) is 5.47. The molecule has 4 heterocycles. The van der Waals surface area contributed by atoms with Crippen molar-refractivity contribution in [2.75, 3.05) is 13.6 Å². The van der Waals surface area contributed by atoms with Gasteiger partial charge in [0, 0.05) is 42.5 Å². The molecule has 1 aliphatic rings.